The van der Waals surface area contributed by atoms with Gasteiger partial charge in [0, 0.05) is 18.7 Å². The van der Waals surface area contributed by atoms with Gasteiger partial charge in [0.15, 0.2) is 0 Å². The quantitative estimate of drug-likeness (QED) is 0.481. The fourth-order valence-corrected chi connectivity index (χ4v) is 1.10. The Morgan fingerprint density at radius 1 is 1.47 bits per heavy atom. The van der Waals surface area contributed by atoms with E-state index in [2.05, 4.69) is 11.9 Å². The number of alkyl carbamates (subject to hydrolysis) is 1. The highest BCUT2D eigenvalue weighted by molar-refractivity contribution is 5.67. The lowest BCUT2D eigenvalue weighted by Gasteiger charge is -2.04. The molecule has 1 amide bonds. The van der Waals surface area contributed by atoms with Gasteiger partial charge in [-0.25, -0.2) is 4.79 Å². The van der Waals surface area contributed by atoms with Crippen LogP contribution >= 0.6 is 0 Å². The number of amides is 1. The van der Waals surface area contributed by atoms with Crippen LogP contribution in [-0.2, 0) is 11.3 Å². The number of benzene rings is 1. The van der Waals surface area contributed by atoms with Crippen LogP contribution in [-0.4, -0.2) is 17.6 Å². The van der Waals surface area contributed by atoms with Gasteiger partial charge in [-0.2, -0.15) is 0 Å². The molecule has 1 rings (SSSR count). The molecule has 0 saturated heterocycles. The van der Waals surface area contributed by atoms with E-state index < -0.39 is 11.0 Å². The van der Waals surface area contributed by atoms with E-state index in [4.69, 9.17) is 4.74 Å². The van der Waals surface area contributed by atoms with Crippen molar-refractivity contribution < 1.29 is 14.5 Å². The minimum absolute atomic E-state index is 0.0167. The van der Waals surface area contributed by atoms with Gasteiger partial charge in [0.2, 0.25) is 0 Å². The molecule has 90 valence electrons. The van der Waals surface area contributed by atoms with E-state index in [1.807, 2.05) is 0 Å². The number of nitro benzene ring substituents is 1. The van der Waals surface area contributed by atoms with Crippen molar-refractivity contribution in [2.45, 2.75) is 6.54 Å². The fourth-order valence-electron chi connectivity index (χ4n) is 1.10. The van der Waals surface area contributed by atoms with Crippen LogP contribution < -0.4 is 5.32 Å². The van der Waals surface area contributed by atoms with Gasteiger partial charge in [0.1, 0.15) is 6.61 Å². The molecule has 0 aliphatic carbocycles. The Morgan fingerprint density at radius 3 is 2.65 bits per heavy atom. The van der Waals surface area contributed by atoms with E-state index in [1.165, 1.54) is 18.2 Å². The van der Waals surface area contributed by atoms with Crippen LogP contribution in [0.3, 0.4) is 0 Å². The molecular weight excluding hydrogens is 224 g/mol. The van der Waals surface area contributed by atoms with Gasteiger partial charge in [-0.15, -0.1) is 0 Å². The maximum absolute atomic E-state index is 11.1. The molecule has 0 saturated carbocycles. The van der Waals surface area contributed by atoms with Gasteiger partial charge in [0.05, 0.1) is 4.92 Å². The van der Waals surface area contributed by atoms with Crippen LogP contribution in [0.4, 0.5) is 10.5 Å². The zero-order chi connectivity index (χ0) is 12.7. The zero-order valence-corrected chi connectivity index (χ0v) is 9.09. The molecule has 0 heterocycles. The van der Waals surface area contributed by atoms with Crippen molar-refractivity contribution in [3.63, 3.8) is 0 Å². The smallest absolute Gasteiger partial charge is 0.407 e. The maximum Gasteiger partial charge on any atom is 0.407 e. The normalized spacial score (nSPS) is 9.41. The monoisotopic (exact) mass is 236 g/mol. The molecule has 0 bridgehead atoms. The average molecular weight is 236 g/mol. The van der Waals surface area contributed by atoms with E-state index in [0.717, 1.165) is 5.56 Å². The molecule has 1 aromatic rings. The third kappa shape index (κ3) is 4.33. The fraction of sp³-hybridized carbons (Fsp3) is 0.182. The van der Waals surface area contributed by atoms with E-state index in [0.29, 0.717) is 0 Å². The van der Waals surface area contributed by atoms with Crippen LogP contribution in [0.2, 0.25) is 0 Å². The Morgan fingerprint density at radius 2 is 2.12 bits per heavy atom. The Kier molecular flexibility index (Phi) is 4.68. The number of hydrogen-bond donors (Lipinski definition) is 1. The predicted octanol–water partition coefficient (Wildman–Crippen LogP) is 2.01. The number of hydrogen-bond acceptors (Lipinski definition) is 4. The van der Waals surface area contributed by atoms with Gasteiger partial charge >= 0.3 is 6.09 Å². The highest BCUT2D eigenvalue weighted by atomic mass is 16.6. The lowest BCUT2D eigenvalue weighted by molar-refractivity contribution is -0.384. The molecule has 17 heavy (non-hydrogen) atoms. The summed E-state index contributed by atoms with van der Waals surface area (Å²) >= 11 is 0. The number of ether oxygens (including phenoxy) is 1. The van der Waals surface area contributed by atoms with Crippen LogP contribution in [0.1, 0.15) is 5.56 Å². The summed E-state index contributed by atoms with van der Waals surface area (Å²) in [5, 5.41) is 12.9. The van der Waals surface area contributed by atoms with Crippen molar-refractivity contribution in [2.24, 2.45) is 0 Å². The van der Waals surface area contributed by atoms with Gasteiger partial charge in [-0.1, -0.05) is 24.8 Å². The Labute approximate surface area is 98.0 Å². The van der Waals surface area contributed by atoms with E-state index in [9.17, 15) is 14.9 Å². The SMILES string of the molecule is C=CCOC(=O)NCc1ccc([N+](=O)[O-])cc1. The molecule has 6 heteroatoms. The lowest BCUT2D eigenvalue weighted by Crippen LogP contribution is -2.23. The maximum atomic E-state index is 11.1. The summed E-state index contributed by atoms with van der Waals surface area (Å²) in [4.78, 5) is 21.0. The molecule has 1 N–H and O–H groups in total. The summed E-state index contributed by atoms with van der Waals surface area (Å²) in [7, 11) is 0. The first-order valence-electron chi connectivity index (χ1n) is 4.88. The van der Waals surface area contributed by atoms with Crippen molar-refractivity contribution >= 4 is 11.8 Å². The number of nitrogens with zero attached hydrogens (tertiary/aromatic N) is 1. The standard InChI is InChI=1S/C11H12N2O4/c1-2-7-17-11(14)12-8-9-3-5-10(6-4-9)13(15)16/h2-6H,1,7-8H2,(H,12,14). The molecule has 0 aliphatic rings. The summed E-state index contributed by atoms with van der Waals surface area (Å²) in [6, 6.07) is 5.91. The van der Waals surface area contributed by atoms with E-state index in [-0.39, 0.29) is 18.8 Å². The summed E-state index contributed by atoms with van der Waals surface area (Å²) in [5.74, 6) is 0. The van der Waals surface area contributed by atoms with Crippen molar-refractivity contribution in [1.29, 1.82) is 0 Å². The average Bonchev–Trinajstić information content (AvgIpc) is 2.34. The number of nitrogens with one attached hydrogen (secondary N) is 1. The first-order chi connectivity index (χ1) is 8.13. The summed E-state index contributed by atoms with van der Waals surface area (Å²) in [6.45, 7) is 3.81. The van der Waals surface area contributed by atoms with Crippen LogP contribution in [0.5, 0.6) is 0 Å². The van der Waals surface area contributed by atoms with Gasteiger partial charge < -0.3 is 10.1 Å². The first-order valence-corrected chi connectivity index (χ1v) is 4.88. The minimum Gasteiger partial charge on any atom is -0.445 e. The molecule has 6 nitrogen and oxygen atoms in total. The number of carbonyl (C=O) groups excluding carboxylic acids is 1. The summed E-state index contributed by atoms with van der Waals surface area (Å²) < 4.78 is 4.70. The molecule has 0 aromatic heterocycles. The molecule has 0 radical (unpaired) electrons. The molecule has 0 aliphatic heterocycles. The number of nitro groups is 1. The van der Waals surface area contributed by atoms with Crippen LogP contribution in [0.25, 0.3) is 0 Å². The van der Waals surface area contributed by atoms with Gasteiger partial charge in [-0.05, 0) is 5.56 Å². The number of rotatable bonds is 5. The van der Waals surface area contributed by atoms with Crippen LogP contribution in [0, 0.1) is 10.1 Å². The summed E-state index contributed by atoms with van der Waals surface area (Å²) in [5.41, 5.74) is 0.772. The predicted molar refractivity (Wildman–Crippen MR) is 61.5 cm³/mol. The lowest BCUT2D eigenvalue weighted by atomic mass is 10.2. The van der Waals surface area contributed by atoms with Gasteiger partial charge in [-0.3, -0.25) is 10.1 Å². The second-order valence-electron chi connectivity index (χ2n) is 3.16. The van der Waals surface area contributed by atoms with Crippen molar-refractivity contribution in [1.82, 2.24) is 5.32 Å². The molecule has 0 fully saturated rings. The molecule has 0 spiro atoms. The molecular formula is C11H12N2O4. The number of non-ortho nitro benzene ring substituents is 1. The topological polar surface area (TPSA) is 81.5 Å². The minimum atomic E-state index is -0.553. The highest BCUT2D eigenvalue weighted by Gasteiger charge is 2.05. The van der Waals surface area contributed by atoms with E-state index >= 15 is 0 Å². The van der Waals surface area contributed by atoms with Crippen molar-refractivity contribution in [2.75, 3.05) is 6.61 Å². The Balaban J connectivity index is 2.44. The van der Waals surface area contributed by atoms with Crippen molar-refractivity contribution in [3.05, 3.63) is 52.6 Å². The van der Waals surface area contributed by atoms with Crippen LogP contribution in [0.15, 0.2) is 36.9 Å². The highest BCUT2D eigenvalue weighted by Crippen LogP contribution is 2.11. The van der Waals surface area contributed by atoms with E-state index in [1.54, 1.807) is 12.1 Å². The second-order valence-corrected chi connectivity index (χ2v) is 3.16. The Bertz CT molecular complexity index is 414. The third-order valence-corrected chi connectivity index (χ3v) is 1.92. The second kappa shape index (κ2) is 6.26. The molecule has 1 aromatic carbocycles. The van der Waals surface area contributed by atoms with Crippen molar-refractivity contribution in [3.8, 4) is 0 Å². The van der Waals surface area contributed by atoms with Gasteiger partial charge in [0.25, 0.3) is 5.69 Å². The first kappa shape index (κ1) is 12.7. The zero-order valence-electron chi connectivity index (χ0n) is 9.09. The molecule has 0 atom stereocenters. The Hall–Kier alpha value is -2.37. The summed E-state index contributed by atoms with van der Waals surface area (Å²) in [6.07, 6.45) is 0.911. The third-order valence-electron chi connectivity index (χ3n) is 1.92. The molecule has 0 unspecified atom stereocenters. The number of carbonyl (C=O) groups is 1. The largest absolute Gasteiger partial charge is 0.445 e.